The van der Waals surface area contributed by atoms with Crippen LogP contribution in [0.2, 0.25) is 0 Å². The normalized spacial score (nSPS) is 19.1. The Morgan fingerprint density at radius 2 is 2.00 bits per heavy atom. The Balaban J connectivity index is 1.58. The van der Waals surface area contributed by atoms with Crippen LogP contribution < -0.4 is 14.8 Å². The summed E-state index contributed by atoms with van der Waals surface area (Å²) in [5, 5.41) is 2.83. The van der Waals surface area contributed by atoms with Gasteiger partial charge in [-0.2, -0.15) is 0 Å². The number of rotatable bonds is 6. The zero-order valence-electron chi connectivity index (χ0n) is 15.9. The van der Waals surface area contributed by atoms with Gasteiger partial charge < -0.3 is 10.1 Å². The first-order valence-electron chi connectivity index (χ1n) is 9.49. The number of carbonyl (C=O) groups is 1. The van der Waals surface area contributed by atoms with E-state index >= 15 is 0 Å². The molecule has 4 rings (SSSR count). The highest BCUT2D eigenvalue weighted by Gasteiger charge is 2.28. The fourth-order valence-electron chi connectivity index (χ4n) is 3.44. The number of fused-ring (bicyclic) bond motifs is 1. The number of aryl methyl sites for hydroxylation is 1. The van der Waals surface area contributed by atoms with Crippen molar-refractivity contribution in [2.75, 3.05) is 12.4 Å². The molecular formula is C20H24N2O4S2. The van der Waals surface area contributed by atoms with E-state index in [-0.39, 0.29) is 16.8 Å². The number of benzene rings is 1. The molecule has 0 saturated heterocycles. The van der Waals surface area contributed by atoms with E-state index in [9.17, 15) is 13.2 Å². The molecule has 6 nitrogen and oxygen atoms in total. The highest BCUT2D eigenvalue weighted by atomic mass is 32.2. The molecule has 1 atom stereocenters. The monoisotopic (exact) mass is 420 g/mol. The number of amides is 1. The number of hydrogen-bond acceptors (Lipinski definition) is 5. The van der Waals surface area contributed by atoms with Gasteiger partial charge in [-0.15, -0.1) is 11.3 Å². The van der Waals surface area contributed by atoms with Crippen molar-refractivity contribution in [3.63, 3.8) is 0 Å². The Morgan fingerprint density at radius 3 is 2.71 bits per heavy atom. The SMILES string of the molecule is COc1ccc(S(=O)(=O)NC2CC2)cc1NC(=O)c1cc2c(s1)CCC(C)C2. The first-order valence-corrected chi connectivity index (χ1v) is 11.8. The van der Waals surface area contributed by atoms with Crippen molar-refractivity contribution < 1.29 is 17.9 Å². The van der Waals surface area contributed by atoms with Crippen molar-refractivity contribution in [2.24, 2.45) is 5.92 Å². The highest BCUT2D eigenvalue weighted by Crippen LogP contribution is 2.34. The van der Waals surface area contributed by atoms with E-state index in [0.29, 0.717) is 22.2 Å². The van der Waals surface area contributed by atoms with Gasteiger partial charge in [0.2, 0.25) is 10.0 Å². The van der Waals surface area contributed by atoms with Gasteiger partial charge in [-0.3, -0.25) is 4.79 Å². The van der Waals surface area contributed by atoms with Gasteiger partial charge in [0.1, 0.15) is 5.75 Å². The van der Waals surface area contributed by atoms with E-state index in [1.165, 1.54) is 41.0 Å². The standard InChI is InChI=1S/C20H24N2O4S2/c1-12-3-8-18-13(9-12)10-19(27-18)20(23)21-16-11-15(6-7-17(16)26-2)28(24,25)22-14-4-5-14/h6-7,10-12,14,22H,3-5,8-9H2,1-2H3,(H,21,23). The molecule has 2 aliphatic rings. The maximum Gasteiger partial charge on any atom is 0.265 e. The number of thiophene rings is 1. The van der Waals surface area contributed by atoms with Crippen LogP contribution in [0.4, 0.5) is 5.69 Å². The first kappa shape index (κ1) is 19.4. The lowest BCUT2D eigenvalue weighted by Crippen LogP contribution is -2.25. The fourth-order valence-corrected chi connectivity index (χ4v) is 5.88. The van der Waals surface area contributed by atoms with Gasteiger partial charge >= 0.3 is 0 Å². The number of sulfonamides is 1. The Bertz CT molecular complexity index is 1010. The average molecular weight is 421 g/mol. The first-order chi connectivity index (χ1) is 13.4. The minimum Gasteiger partial charge on any atom is -0.495 e. The van der Waals surface area contributed by atoms with Crippen molar-refractivity contribution in [3.8, 4) is 5.75 Å². The number of hydrogen-bond donors (Lipinski definition) is 2. The second-order valence-electron chi connectivity index (χ2n) is 7.62. The van der Waals surface area contributed by atoms with Crippen LogP contribution in [0.25, 0.3) is 0 Å². The lowest BCUT2D eigenvalue weighted by molar-refractivity contribution is 0.103. The molecule has 8 heteroatoms. The number of carbonyl (C=O) groups excluding carboxylic acids is 1. The summed E-state index contributed by atoms with van der Waals surface area (Å²) in [6.07, 6.45) is 4.89. The summed E-state index contributed by atoms with van der Waals surface area (Å²) in [6.45, 7) is 2.23. The van der Waals surface area contributed by atoms with Crippen molar-refractivity contribution in [1.29, 1.82) is 0 Å². The maximum atomic E-state index is 12.8. The molecule has 150 valence electrons. The van der Waals surface area contributed by atoms with Gasteiger partial charge in [0.15, 0.2) is 0 Å². The number of anilines is 1. The molecule has 1 fully saturated rings. The summed E-state index contributed by atoms with van der Waals surface area (Å²) >= 11 is 1.52. The van der Waals surface area contributed by atoms with Crippen molar-refractivity contribution in [2.45, 2.75) is 50.0 Å². The van der Waals surface area contributed by atoms with E-state index < -0.39 is 10.0 Å². The van der Waals surface area contributed by atoms with Crippen molar-refractivity contribution in [1.82, 2.24) is 4.72 Å². The number of ether oxygens (including phenoxy) is 1. The van der Waals surface area contributed by atoms with Crippen LogP contribution in [0, 0.1) is 5.92 Å². The quantitative estimate of drug-likeness (QED) is 0.748. The Morgan fingerprint density at radius 1 is 1.21 bits per heavy atom. The average Bonchev–Trinajstić information content (AvgIpc) is 3.35. The summed E-state index contributed by atoms with van der Waals surface area (Å²) in [5.74, 6) is 0.822. The lowest BCUT2D eigenvalue weighted by atomic mass is 9.90. The molecule has 1 amide bonds. The number of nitrogens with one attached hydrogen (secondary N) is 2. The third-order valence-electron chi connectivity index (χ3n) is 5.18. The molecule has 1 heterocycles. The van der Waals surface area contributed by atoms with Crippen LogP contribution in [-0.2, 0) is 22.9 Å². The van der Waals surface area contributed by atoms with Crippen molar-refractivity contribution in [3.05, 3.63) is 39.6 Å². The Labute approximate surface area is 169 Å². The van der Waals surface area contributed by atoms with E-state index in [1.54, 1.807) is 6.07 Å². The summed E-state index contributed by atoms with van der Waals surface area (Å²) < 4.78 is 32.9. The minimum atomic E-state index is -3.61. The van der Waals surface area contributed by atoms with Gasteiger partial charge in [0.05, 0.1) is 22.6 Å². The van der Waals surface area contributed by atoms with Gasteiger partial charge in [-0.25, -0.2) is 13.1 Å². The van der Waals surface area contributed by atoms with E-state index in [1.807, 2.05) is 6.07 Å². The smallest absolute Gasteiger partial charge is 0.265 e. The molecule has 2 aromatic rings. The topological polar surface area (TPSA) is 84.5 Å². The summed E-state index contributed by atoms with van der Waals surface area (Å²) in [5.41, 5.74) is 1.61. The predicted molar refractivity (Wildman–Crippen MR) is 110 cm³/mol. The van der Waals surface area contributed by atoms with Crippen LogP contribution >= 0.6 is 11.3 Å². The summed E-state index contributed by atoms with van der Waals surface area (Å²) in [4.78, 5) is 14.9. The highest BCUT2D eigenvalue weighted by molar-refractivity contribution is 7.89. The molecule has 1 saturated carbocycles. The van der Waals surface area contributed by atoms with Crippen LogP contribution in [-0.4, -0.2) is 27.5 Å². The largest absolute Gasteiger partial charge is 0.495 e. The minimum absolute atomic E-state index is 0.0185. The molecule has 1 aromatic carbocycles. The summed E-state index contributed by atoms with van der Waals surface area (Å²) in [7, 11) is -2.11. The molecule has 0 radical (unpaired) electrons. The van der Waals surface area contributed by atoms with Gasteiger partial charge in [0.25, 0.3) is 5.91 Å². The van der Waals surface area contributed by atoms with Crippen LogP contribution in [0.5, 0.6) is 5.75 Å². The van der Waals surface area contributed by atoms with Crippen LogP contribution in [0.15, 0.2) is 29.2 Å². The lowest BCUT2D eigenvalue weighted by Gasteiger charge is -2.16. The number of methoxy groups -OCH3 is 1. The molecule has 0 bridgehead atoms. The summed E-state index contributed by atoms with van der Waals surface area (Å²) in [6, 6.07) is 6.50. The van der Waals surface area contributed by atoms with Crippen LogP contribution in [0.1, 0.15) is 46.3 Å². The molecule has 28 heavy (non-hydrogen) atoms. The molecule has 1 aromatic heterocycles. The Hall–Kier alpha value is -1.90. The molecular weight excluding hydrogens is 396 g/mol. The van der Waals surface area contributed by atoms with Gasteiger partial charge in [-0.1, -0.05) is 6.92 Å². The van der Waals surface area contributed by atoms with Gasteiger partial charge in [-0.05, 0) is 67.9 Å². The van der Waals surface area contributed by atoms with E-state index in [4.69, 9.17) is 4.74 Å². The molecule has 1 unspecified atom stereocenters. The van der Waals surface area contributed by atoms with E-state index in [2.05, 4.69) is 17.0 Å². The van der Waals surface area contributed by atoms with Gasteiger partial charge in [0, 0.05) is 10.9 Å². The maximum absolute atomic E-state index is 12.8. The second-order valence-corrected chi connectivity index (χ2v) is 10.5. The predicted octanol–water partition coefficient (Wildman–Crippen LogP) is 3.57. The van der Waals surface area contributed by atoms with E-state index in [0.717, 1.165) is 32.1 Å². The second kappa shape index (κ2) is 7.50. The zero-order valence-corrected chi connectivity index (χ0v) is 17.6. The molecule has 2 aliphatic carbocycles. The fraction of sp³-hybridized carbons (Fsp3) is 0.450. The third kappa shape index (κ3) is 4.09. The molecule has 0 aliphatic heterocycles. The Kier molecular flexibility index (Phi) is 5.20. The van der Waals surface area contributed by atoms with Crippen molar-refractivity contribution >= 4 is 33.0 Å². The van der Waals surface area contributed by atoms with Crippen LogP contribution in [0.3, 0.4) is 0 Å². The molecule has 0 spiro atoms. The molecule has 2 N–H and O–H groups in total. The zero-order chi connectivity index (χ0) is 19.9. The third-order valence-corrected chi connectivity index (χ3v) is 7.94.